The third kappa shape index (κ3) is 25.2. The van der Waals surface area contributed by atoms with Gasteiger partial charge in [-0.15, -0.1) is 0 Å². The van der Waals surface area contributed by atoms with Gasteiger partial charge in [-0.1, -0.05) is 6.42 Å². The number of H-pyrrole nitrogens is 1. The van der Waals surface area contributed by atoms with Crippen molar-refractivity contribution in [2.75, 3.05) is 72.5 Å². The van der Waals surface area contributed by atoms with Crippen LogP contribution in [0, 0.1) is 5.92 Å². The van der Waals surface area contributed by atoms with Crippen molar-refractivity contribution in [1.82, 2.24) is 31.2 Å². The molecule has 1 rings (SSSR count). The van der Waals surface area contributed by atoms with Gasteiger partial charge in [0.1, 0.15) is 25.0 Å². The lowest BCUT2D eigenvalue weighted by atomic mass is 9.94. The molecule has 0 aliphatic carbocycles. The Labute approximate surface area is 296 Å². The second-order valence-corrected chi connectivity index (χ2v) is 11.4. The number of imidazole rings is 1. The Morgan fingerprint density at radius 2 is 1.31 bits per heavy atom. The first kappa shape index (κ1) is 44.6. The van der Waals surface area contributed by atoms with Crippen molar-refractivity contribution in [3.8, 4) is 0 Å². The predicted octanol–water partition coefficient (Wildman–Crippen LogP) is -1.04. The van der Waals surface area contributed by atoms with Crippen LogP contribution in [-0.2, 0) is 58.9 Å². The van der Waals surface area contributed by atoms with Gasteiger partial charge in [0.05, 0.1) is 51.9 Å². The summed E-state index contributed by atoms with van der Waals surface area (Å²) in [6.45, 7) is 2.83. The monoisotopic (exact) mass is 728 g/mol. The molecule has 288 valence electrons. The first-order chi connectivity index (χ1) is 24.5. The van der Waals surface area contributed by atoms with E-state index in [0.717, 1.165) is 5.69 Å². The fourth-order valence-corrected chi connectivity index (χ4v) is 4.39. The van der Waals surface area contributed by atoms with Gasteiger partial charge in [0, 0.05) is 57.7 Å². The number of aromatic amines is 1. The second kappa shape index (κ2) is 28.3. The Morgan fingerprint density at radius 3 is 1.86 bits per heavy atom. The molecule has 0 spiro atoms. The van der Waals surface area contributed by atoms with E-state index in [0.29, 0.717) is 32.2 Å². The van der Waals surface area contributed by atoms with E-state index in [9.17, 15) is 38.7 Å². The number of hydrogen-bond acceptors (Lipinski definition) is 12. The van der Waals surface area contributed by atoms with Crippen LogP contribution in [0.5, 0.6) is 0 Å². The first-order valence-corrected chi connectivity index (χ1v) is 16.8. The summed E-state index contributed by atoms with van der Waals surface area (Å²) in [5.74, 6) is -4.61. The maximum Gasteiger partial charge on any atom is 0.326 e. The van der Waals surface area contributed by atoms with Gasteiger partial charge < -0.3 is 55.4 Å². The molecule has 0 bridgehead atoms. The molecule has 1 unspecified atom stereocenters. The van der Waals surface area contributed by atoms with Gasteiger partial charge in [-0.3, -0.25) is 28.8 Å². The molecule has 1 aromatic rings. The number of unbranched alkanes of at least 4 members (excludes halogenated alkanes) is 1. The zero-order valence-electron chi connectivity index (χ0n) is 29.1. The zero-order chi connectivity index (χ0) is 37.7. The van der Waals surface area contributed by atoms with Crippen LogP contribution in [0.1, 0.15) is 57.6 Å². The third-order valence-electron chi connectivity index (χ3n) is 7.04. The van der Waals surface area contributed by atoms with E-state index < -0.39 is 29.8 Å². The van der Waals surface area contributed by atoms with Gasteiger partial charge in [-0.05, 0) is 25.7 Å². The lowest BCUT2D eigenvalue weighted by Gasteiger charge is -2.13. The van der Waals surface area contributed by atoms with Gasteiger partial charge in [0.25, 0.3) is 0 Å². The molecule has 1 heterocycles. The minimum absolute atomic E-state index is 0.0246. The van der Waals surface area contributed by atoms with Crippen LogP contribution < -0.4 is 21.3 Å². The molecular weight excluding hydrogens is 676 g/mol. The molecule has 0 aliphatic rings. The fraction of sp³-hybridized carbons (Fsp3) is 0.688. The number of amides is 4. The SMILES string of the molecule is CC(=O)NC(CCC(=O)NCCOCCOCC(=O)NCCOCCOCC(=O)NCCCC[C@H](CC(=O)CCc1cnc[nH]1)C(=O)O)C(=O)O. The topological polar surface area (TPSA) is 274 Å². The van der Waals surface area contributed by atoms with Gasteiger partial charge in [0.2, 0.25) is 23.6 Å². The van der Waals surface area contributed by atoms with Crippen LogP contribution in [0.4, 0.5) is 0 Å². The van der Waals surface area contributed by atoms with Crippen molar-refractivity contribution in [2.45, 2.75) is 64.3 Å². The largest absolute Gasteiger partial charge is 0.481 e. The van der Waals surface area contributed by atoms with E-state index in [-0.39, 0.29) is 115 Å². The molecule has 1 aromatic heterocycles. The smallest absolute Gasteiger partial charge is 0.326 e. The Morgan fingerprint density at radius 1 is 0.725 bits per heavy atom. The maximum absolute atomic E-state index is 12.2. The lowest BCUT2D eigenvalue weighted by molar-refractivity contribution is -0.144. The lowest BCUT2D eigenvalue weighted by Crippen LogP contribution is -2.40. The summed E-state index contributed by atoms with van der Waals surface area (Å²) in [6, 6.07) is -1.13. The Balaban J connectivity index is 1.91. The van der Waals surface area contributed by atoms with Gasteiger partial charge in [0.15, 0.2) is 0 Å². The molecule has 19 heteroatoms. The van der Waals surface area contributed by atoms with Crippen molar-refractivity contribution in [2.24, 2.45) is 5.92 Å². The number of ether oxygens (including phenoxy) is 4. The first-order valence-electron chi connectivity index (χ1n) is 16.8. The van der Waals surface area contributed by atoms with Gasteiger partial charge in [-0.25, -0.2) is 9.78 Å². The number of nitrogens with one attached hydrogen (secondary N) is 5. The molecule has 7 N–H and O–H groups in total. The number of nitrogens with zero attached hydrogens (tertiary/aromatic N) is 1. The summed E-state index contributed by atoms with van der Waals surface area (Å²) < 4.78 is 21.1. The summed E-state index contributed by atoms with van der Waals surface area (Å²) >= 11 is 0. The molecule has 0 radical (unpaired) electrons. The average Bonchev–Trinajstić information content (AvgIpc) is 3.61. The van der Waals surface area contributed by atoms with E-state index in [4.69, 9.17) is 24.1 Å². The summed E-state index contributed by atoms with van der Waals surface area (Å²) in [4.78, 5) is 88.1. The van der Waals surface area contributed by atoms with Crippen molar-refractivity contribution < 1.29 is 62.7 Å². The third-order valence-corrected chi connectivity index (χ3v) is 7.04. The van der Waals surface area contributed by atoms with Crippen molar-refractivity contribution >= 4 is 41.4 Å². The number of Topliss-reactive ketones (excluding diaryl/α,β-unsaturated/α-hetero) is 1. The summed E-state index contributed by atoms with van der Waals surface area (Å²) in [5.41, 5.74) is 0.824. The molecule has 0 aliphatic heterocycles. The Bertz CT molecular complexity index is 1200. The number of carboxylic acids is 2. The summed E-state index contributed by atoms with van der Waals surface area (Å²) in [6.07, 6.45) is 5.21. The van der Waals surface area contributed by atoms with E-state index >= 15 is 0 Å². The van der Waals surface area contributed by atoms with E-state index in [1.807, 2.05) is 0 Å². The zero-order valence-corrected chi connectivity index (χ0v) is 29.1. The maximum atomic E-state index is 12.2. The number of aromatic nitrogens is 2. The highest BCUT2D eigenvalue weighted by molar-refractivity contribution is 5.84. The van der Waals surface area contributed by atoms with Crippen LogP contribution in [0.3, 0.4) is 0 Å². The van der Waals surface area contributed by atoms with Crippen LogP contribution in [0.15, 0.2) is 12.5 Å². The summed E-state index contributed by atoms with van der Waals surface area (Å²) in [5, 5.41) is 28.6. The number of carbonyl (C=O) groups is 7. The highest BCUT2D eigenvalue weighted by Crippen LogP contribution is 2.15. The minimum atomic E-state index is -1.21. The number of ketones is 1. The van der Waals surface area contributed by atoms with Crippen molar-refractivity contribution in [3.05, 3.63) is 18.2 Å². The number of hydrogen-bond donors (Lipinski definition) is 7. The number of carbonyl (C=O) groups excluding carboxylic acids is 5. The molecule has 4 amide bonds. The number of aryl methyl sites for hydroxylation is 1. The number of rotatable bonds is 32. The van der Waals surface area contributed by atoms with Crippen LogP contribution >= 0.6 is 0 Å². The molecule has 51 heavy (non-hydrogen) atoms. The molecule has 2 atom stereocenters. The van der Waals surface area contributed by atoms with Crippen LogP contribution in [-0.4, -0.2) is 140 Å². The number of aliphatic carboxylic acids is 2. The molecule has 0 fully saturated rings. The predicted molar refractivity (Wildman–Crippen MR) is 178 cm³/mol. The quantitative estimate of drug-likeness (QED) is 0.0437. The van der Waals surface area contributed by atoms with Crippen molar-refractivity contribution in [1.29, 1.82) is 0 Å². The highest BCUT2D eigenvalue weighted by Gasteiger charge is 2.21. The second-order valence-electron chi connectivity index (χ2n) is 11.4. The molecule has 0 saturated heterocycles. The molecular formula is C32H52N6O13. The van der Waals surface area contributed by atoms with E-state index in [1.54, 1.807) is 6.20 Å². The highest BCUT2D eigenvalue weighted by atomic mass is 16.5. The Hall–Kier alpha value is -4.46. The standard InChI is InChI=1S/C32H52N6O13/c1-23(39)38-27(32(46)47)7-8-28(41)35-10-12-48-14-17-51-21-30(43)36-11-13-49-15-16-50-20-29(42)34-9-3-2-4-24(31(44)45)18-26(40)6-5-25-19-33-22-37-25/h19,22,24,27H,2-18,20-21H2,1H3,(H,33,37)(H,34,42)(H,35,41)(H,36,43)(H,38,39)(H,44,45)(H,46,47)/t24-,27?/m1/s1. The molecule has 0 saturated carbocycles. The van der Waals surface area contributed by atoms with Gasteiger partial charge in [-0.2, -0.15) is 0 Å². The van der Waals surface area contributed by atoms with E-state index in [1.165, 1.54) is 13.3 Å². The van der Waals surface area contributed by atoms with Crippen molar-refractivity contribution in [3.63, 3.8) is 0 Å². The normalized spacial score (nSPS) is 12.0. The van der Waals surface area contributed by atoms with E-state index in [2.05, 4.69) is 31.2 Å². The van der Waals surface area contributed by atoms with Crippen LogP contribution in [0.2, 0.25) is 0 Å². The minimum Gasteiger partial charge on any atom is -0.481 e. The average molecular weight is 729 g/mol. The molecule has 0 aromatic carbocycles. The van der Waals surface area contributed by atoms with Gasteiger partial charge >= 0.3 is 11.9 Å². The molecule has 19 nitrogen and oxygen atoms in total. The Kier molecular flexibility index (Phi) is 24.7. The van der Waals surface area contributed by atoms with Crippen LogP contribution in [0.25, 0.3) is 0 Å². The summed E-state index contributed by atoms with van der Waals surface area (Å²) in [7, 11) is 0. The fourth-order valence-electron chi connectivity index (χ4n) is 4.39. The number of carboxylic acid groups (broad SMARTS) is 2.